The summed E-state index contributed by atoms with van der Waals surface area (Å²) in [5, 5.41) is 2.84. The molecule has 0 saturated heterocycles. The zero-order valence-electron chi connectivity index (χ0n) is 10.6. The molecule has 0 aliphatic carbocycles. The van der Waals surface area contributed by atoms with Crippen LogP contribution in [0.25, 0.3) is 0 Å². The Kier molecular flexibility index (Phi) is 4.16. The fourth-order valence-electron chi connectivity index (χ4n) is 1.66. The summed E-state index contributed by atoms with van der Waals surface area (Å²) in [5.41, 5.74) is 2.17. The third-order valence-electron chi connectivity index (χ3n) is 2.65. The summed E-state index contributed by atoms with van der Waals surface area (Å²) < 4.78 is 5.94. The van der Waals surface area contributed by atoms with Gasteiger partial charge < -0.3 is 10.1 Å². The average molecular weight is 321 g/mol. The highest BCUT2D eigenvalue weighted by molar-refractivity contribution is 9.10. The second-order valence-electron chi connectivity index (χ2n) is 3.95. The topological polar surface area (TPSA) is 51.2 Å². The molecule has 1 heterocycles. The Labute approximate surface area is 119 Å². The molecule has 0 spiro atoms. The highest BCUT2D eigenvalue weighted by Gasteiger charge is 2.14. The molecule has 0 aliphatic heterocycles. The Morgan fingerprint density at radius 1 is 1.32 bits per heavy atom. The molecule has 0 radical (unpaired) electrons. The lowest BCUT2D eigenvalue weighted by Gasteiger charge is -2.10. The van der Waals surface area contributed by atoms with Crippen molar-refractivity contribution in [2.75, 3.05) is 12.4 Å². The monoisotopic (exact) mass is 320 g/mol. The van der Waals surface area contributed by atoms with Gasteiger partial charge in [0, 0.05) is 10.7 Å². The van der Waals surface area contributed by atoms with Crippen molar-refractivity contribution in [3.05, 3.63) is 52.1 Å². The fourth-order valence-corrected chi connectivity index (χ4v) is 2.02. The summed E-state index contributed by atoms with van der Waals surface area (Å²) in [6.07, 6.45) is 1.58. The predicted octanol–water partition coefficient (Wildman–Crippen LogP) is 3.41. The van der Waals surface area contributed by atoms with Gasteiger partial charge in [0.1, 0.15) is 5.56 Å². The first kappa shape index (κ1) is 13.5. The van der Waals surface area contributed by atoms with Gasteiger partial charge in [-0.2, -0.15) is 0 Å². The molecular formula is C14H13BrN2O2. The Morgan fingerprint density at radius 3 is 2.84 bits per heavy atom. The lowest BCUT2D eigenvalue weighted by Crippen LogP contribution is -2.14. The number of nitrogens with one attached hydrogen (secondary N) is 1. The first-order valence-electron chi connectivity index (χ1n) is 5.69. The molecule has 0 bridgehead atoms. The van der Waals surface area contributed by atoms with Crippen molar-refractivity contribution in [1.82, 2.24) is 4.98 Å². The van der Waals surface area contributed by atoms with Crippen LogP contribution >= 0.6 is 15.9 Å². The van der Waals surface area contributed by atoms with E-state index in [0.717, 1.165) is 15.7 Å². The van der Waals surface area contributed by atoms with Crippen LogP contribution in [0.2, 0.25) is 0 Å². The van der Waals surface area contributed by atoms with E-state index in [2.05, 4.69) is 26.2 Å². The van der Waals surface area contributed by atoms with Crippen LogP contribution in [-0.2, 0) is 0 Å². The molecule has 19 heavy (non-hydrogen) atoms. The smallest absolute Gasteiger partial charge is 0.261 e. The Morgan fingerprint density at radius 2 is 2.11 bits per heavy atom. The van der Waals surface area contributed by atoms with Crippen molar-refractivity contribution < 1.29 is 9.53 Å². The van der Waals surface area contributed by atoms with Gasteiger partial charge in [-0.15, -0.1) is 0 Å². The lowest BCUT2D eigenvalue weighted by molar-refractivity contribution is 0.102. The summed E-state index contributed by atoms with van der Waals surface area (Å²) in [5.74, 6) is 0.0556. The number of pyridine rings is 1. The van der Waals surface area contributed by atoms with Crippen molar-refractivity contribution in [3.63, 3.8) is 0 Å². The van der Waals surface area contributed by atoms with Gasteiger partial charge in [-0.25, -0.2) is 4.98 Å². The van der Waals surface area contributed by atoms with Gasteiger partial charge in [0.2, 0.25) is 5.88 Å². The molecule has 1 aromatic heterocycles. The number of benzene rings is 1. The molecule has 0 saturated carbocycles. The van der Waals surface area contributed by atoms with E-state index in [-0.39, 0.29) is 5.91 Å². The second kappa shape index (κ2) is 5.84. The van der Waals surface area contributed by atoms with Crippen molar-refractivity contribution >= 4 is 27.5 Å². The zero-order valence-corrected chi connectivity index (χ0v) is 12.2. The third kappa shape index (κ3) is 2.93. The van der Waals surface area contributed by atoms with Gasteiger partial charge in [0.05, 0.1) is 12.8 Å². The molecule has 4 nitrogen and oxygen atoms in total. The van der Waals surface area contributed by atoms with Gasteiger partial charge >= 0.3 is 0 Å². The standard InChI is InChI=1S/C14H13BrN2O2/c1-9-5-3-7-11(12(9)15)17-13(18)10-6-4-8-16-14(10)19-2/h3-8H,1-2H3,(H,17,18). The molecule has 1 N–H and O–H groups in total. The Balaban J connectivity index is 2.28. The quantitative estimate of drug-likeness (QED) is 0.942. The molecule has 5 heteroatoms. The molecule has 98 valence electrons. The number of methoxy groups -OCH3 is 1. The highest BCUT2D eigenvalue weighted by atomic mass is 79.9. The molecule has 0 aliphatic rings. The van der Waals surface area contributed by atoms with E-state index in [4.69, 9.17) is 4.74 Å². The van der Waals surface area contributed by atoms with Crippen LogP contribution in [0, 0.1) is 6.92 Å². The first-order chi connectivity index (χ1) is 9.13. The van der Waals surface area contributed by atoms with Crippen LogP contribution in [0.5, 0.6) is 5.88 Å². The Bertz CT molecular complexity index is 614. The van der Waals surface area contributed by atoms with Crippen molar-refractivity contribution in [2.24, 2.45) is 0 Å². The van der Waals surface area contributed by atoms with Crippen LogP contribution in [0.15, 0.2) is 41.0 Å². The number of hydrogen-bond acceptors (Lipinski definition) is 3. The number of aromatic nitrogens is 1. The number of ether oxygens (including phenoxy) is 1. The van der Waals surface area contributed by atoms with E-state index in [1.165, 1.54) is 7.11 Å². The van der Waals surface area contributed by atoms with Crippen LogP contribution in [0.3, 0.4) is 0 Å². The van der Waals surface area contributed by atoms with E-state index in [1.807, 2.05) is 25.1 Å². The largest absolute Gasteiger partial charge is 0.480 e. The minimum absolute atomic E-state index is 0.253. The van der Waals surface area contributed by atoms with Crippen LogP contribution in [0.1, 0.15) is 15.9 Å². The number of halogens is 1. The first-order valence-corrected chi connectivity index (χ1v) is 6.48. The number of aryl methyl sites for hydroxylation is 1. The van der Waals surface area contributed by atoms with Crippen LogP contribution < -0.4 is 10.1 Å². The second-order valence-corrected chi connectivity index (χ2v) is 4.74. The van der Waals surface area contributed by atoms with E-state index >= 15 is 0 Å². The molecule has 2 rings (SSSR count). The molecule has 0 fully saturated rings. The SMILES string of the molecule is COc1ncccc1C(=O)Nc1cccc(C)c1Br. The molecule has 1 amide bonds. The minimum atomic E-state index is -0.253. The van der Waals surface area contributed by atoms with E-state index in [1.54, 1.807) is 18.3 Å². The molecule has 2 aromatic rings. The molecule has 0 atom stereocenters. The predicted molar refractivity (Wildman–Crippen MR) is 77.6 cm³/mol. The van der Waals surface area contributed by atoms with Crippen LogP contribution in [-0.4, -0.2) is 18.0 Å². The summed E-state index contributed by atoms with van der Waals surface area (Å²) in [4.78, 5) is 16.2. The molecule has 1 aromatic carbocycles. The molecular weight excluding hydrogens is 308 g/mol. The van der Waals surface area contributed by atoms with Gasteiger partial charge in [0.25, 0.3) is 5.91 Å². The van der Waals surface area contributed by atoms with Crippen molar-refractivity contribution in [3.8, 4) is 5.88 Å². The van der Waals surface area contributed by atoms with Gasteiger partial charge in [-0.3, -0.25) is 4.79 Å². The van der Waals surface area contributed by atoms with Gasteiger partial charge in [0.15, 0.2) is 0 Å². The number of anilines is 1. The van der Waals surface area contributed by atoms with Gasteiger partial charge in [-0.1, -0.05) is 12.1 Å². The van der Waals surface area contributed by atoms with Crippen LogP contribution in [0.4, 0.5) is 5.69 Å². The van der Waals surface area contributed by atoms with Gasteiger partial charge in [-0.05, 0) is 46.6 Å². The summed E-state index contributed by atoms with van der Waals surface area (Å²) in [6, 6.07) is 9.05. The Hall–Kier alpha value is -1.88. The lowest BCUT2D eigenvalue weighted by atomic mass is 10.2. The van der Waals surface area contributed by atoms with E-state index in [0.29, 0.717) is 11.4 Å². The number of carbonyl (C=O) groups is 1. The van der Waals surface area contributed by atoms with E-state index < -0.39 is 0 Å². The number of hydrogen-bond donors (Lipinski definition) is 1. The van der Waals surface area contributed by atoms with E-state index in [9.17, 15) is 4.79 Å². The maximum Gasteiger partial charge on any atom is 0.261 e. The maximum absolute atomic E-state index is 12.2. The minimum Gasteiger partial charge on any atom is -0.480 e. The van der Waals surface area contributed by atoms with Crippen molar-refractivity contribution in [2.45, 2.75) is 6.92 Å². The maximum atomic E-state index is 12.2. The average Bonchev–Trinajstić information content (AvgIpc) is 2.43. The fraction of sp³-hybridized carbons (Fsp3) is 0.143. The molecule has 0 unspecified atom stereocenters. The zero-order chi connectivity index (χ0) is 13.8. The summed E-state index contributed by atoms with van der Waals surface area (Å²) in [6.45, 7) is 1.96. The highest BCUT2D eigenvalue weighted by Crippen LogP contribution is 2.26. The number of nitrogens with zero attached hydrogens (tertiary/aromatic N) is 1. The number of rotatable bonds is 3. The van der Waals surface area contributed by atoms with Crippen molar-refractivity contribution in [1.29, 1.82) is 0 Å². The number of carbonyl (C=O) groups excluding carboxylic acids is 1. The summed E-state index contributed by atoms with van der Waals surface area (Å²) in [7, 11) is 1.49. The summed E-state index contributed by atoms with van der Waals surface area (Å²) >= 11 is 3.46. The number of amides is 1. The third-order valence-corrected chi connectivity index (χ3v) is 3.70. The normalized spacial score (nSPS) is 10.1.